The van der Waals surface area contributed by atoms with Crippen LogP contribution in [0.4, 0.5) is 11.4 Å². The highest BCUT2D eigenvalue weighted by molar-refractivity contribution is 6.02. The van der Waals surface area contributed by atoms with Crippen LogP contribution in [-0.2, 0) is 21.4 Å². The van der Waals surface area contributed by atoms with Gasteiger partial charge in [0, 0.05) is 30.9 Å². The van der Waals surface area contributed by atoms with Crippen molar-refractivity contribution < 1.29 is 9.59 Å². The quantitative estimate of drug-likeness (QED) is 0.815. The van der Waals surface area contributed by atoms with Crippen LogP contribution in [0.25, 0.3) is 6.08 Å². The second-order valence-electron chi connectivity index (χ2n) is 7.96. The molecule has 0 aliphatic carbocycles. The Hall–Kier alpha value is -2.88. The monoisotopic (exact) mass is 362 g/mol. The highest BCUT2D eigenvalue weighted by atomic mass is 16.2. The Kier molecular flexibility index (Phi) is 5.17. The zero-order chi connectivity index (χ0) is 19.6. The summed E-state index contributed by atoms with van der Waals surface area (Å²) in [5, 5.41) is 2.89. The zero-order valence-electron chi connectivity index (χ0n) is 16.4. The molecule has 4 nitrogen and oxygen atoms in total. The number of nitrogens with one attached hydrogen (secondary N) is 1. The maximum Gasteiger partial charge on any atom is 0.248 e. The van der Waals surface area contributed by atoms with Crippen molar-refractivity contribution in [2.24, 2.45) is 0 Å². The molecule has 0 saturated carbocycles. The molecule has 140 valence electrons. The third-order valence-corrected chi connectivity index (χ3v) is 4.83. The molecule has 0 aromatic heterocycles. The van der Waals surface area contributed by atoms with Crippen LogP contribution in [0.2, 0.25) is 0 Å². The molecule has 1 aliphatic heterocycles. The normalized spacial score (nSPS) is 13.7. The lowest BCUT2D eigenvalue weighted by molar-refractivity contribution is -0.116. The molecule has 1 N–H and O–H groups in total. The van der Waals surface area contributed by atoms with E-state index in [4.69, 9.17) is 0 Å². The molecule has 2 amide bonds. The summed E-state index contributed by atoms with van der Waals surface area (Å²) < 4.78 is 0. The number of rotatable bonds is 3. The number of carbonyl (C=O) groups excluding carboxylic acids is 2. The lowest BCUT2D eigenvalue weighted by Crippen LogP contribution is -2.25. The van der Waals surface area contributed by atoms with Crippen molar-refractivity contribution >= 4 is 29.3 Å². The average molecular weight is 362 g/mol. The Labute approximate surface area is 160 Å². The Morgan fingerprint density at radius 1 is 1.07 bits per heavy atom. The van der Waals surface area contributed by atoms with E-state index < -0.39 is 0 Å². The molecule has 0 unspecified atom stereocenters. The topological polar surface area (TPSA) is 49.4 Å². The minimum Gasteiger partial charge on any atom is -0.323 e. The van der Waals surface area contributed by atoms with Gasteiger partial charge in [-0.1, -0.05) is 45.0 Å². The van der Waals surface area contributed by atoms with Gasteiger partial charge in [0.1, 0.15) is 0 Å². The largest absolute Gasteiger partial charge is 0.323 e. The summed E-state index contributed by atoms with van der Waals surface area (Å²) in [5.41, 5.74) is 5.15. The Bertz CT molecular complexity index is 890. The average Bonchev–Trinajstić information content (AvgIpc) is 3.03. The van der Waals surface area contributed by atoms with Gasteiger partial charge in [0.25, 0.3) is 0 Å². The number of benzene rings is 2. The summed E-state index contributed by atoms with van der Waals surface area (Å²) in [6, 6.07) is 13.9. The maximum absolute atomic E-state index is 12.2. The van der Waals surface area contributed by atoms with Gasteiger partial charge < -0.3 is 10.2 Å². The fraction of sp³-hybridized carbons (Fsp3) is 0.304. The van der Waals surface area contributed by atoms with Crippen LogP contribution < -0.4 is 10.2 Å². The third kappa shape index (κ3) is 4.45. The van der Waals surface area contributed by atoms with Crippen LogP contribution in [0.5, 0.6) is 0 Å². The number of hydrogen-bond donors (Lipinski definition) is 1. The highest BCUT2D eigenvalue weighted by Crippen LogP contribution is 2.30. The SMILES string of the molecule is CC(=O)N1CCc2cc(NC(=O)C=Cc3ccc(C(C)(C)C)cc3)ccc21. The molecule has 0 radical (unpaired) electrons. The molecule has 0 bridgehead atoms. The fourth-order valence-electron chi connectivity index (χ4n) is 3.26. The van der Waals surface area contributed by atoms with E-state index in [2.05, 4.69) is 38.2 Å². The van der Waals surface area contributed by atoms with Crippen LogP contribution in [0.1, 0.15) is 44.4 Å². The number of amides is 2. The van der Waals surface area contributed by atoms with Gasteiger partial charge in [0.05, 0.1) is 0 Å². The minimum atomic E-state index is -0.170. The van der Waals surface area contributed by atoms with Gasteiger partial charge in [-0.15, -0.1) is 0 Å². The number of fused-ring (bicyclic) bond motifs is 1. The second-order valence-corrected chi connectivity index (χ2v) is 7.96. The third-order valence-electron chi connectivity index (χ3n) is 4.83. The molecule has 4 heteroatoms. The lowest BCUT2D eigenvalue weighted by atomic mass is 9.87. The number of nitrogens with zero attached hydrogens (tertiary/aromatic N) is 1. The zero-order valence-corrected chi connectivity index (χ0v) is 16.4. The molecule has 2 aromatic carbocycles. The Morgan fingerprint density at radius 3 is 2.41 bits per heavy atom. The van der Waals surface area contributed by atoms with E-state index in [0.29, 0.717) is 6.54 Å². The highest BCUT2D eigenvalue weighted by Gasteiger charge is 2.22. The van der Waals surface area contributed by atoms with Gasteiger partial charge in [0.15, 0.2) is 0 Å². The van der Waals surface area contributed by atoms with Crippen molar-refractivity contribution in [1.29, 1.82) is 0 Å². The first-order valence-electron chi connectivity index (χ1n) is 9.25. The van der Waals surface area contributed by atoms with Gasteiger partial charge in [-0.25, -0.2) is 0 Å². The van der Waals surface area contributed by atoms with Crippen LogP contribution in [0.15, 0.2) is 48.5 Å². The van der Waals surface area contributed by atoms with Crippen LogP contribution in [0, 0.1) is 0 Å². The van der Waals surface area contributed by atoms with Crippen LogP contribution >= 0.6 is 0 Å². The van der Waals surface area contributed by atoms with E-state index in [0.717, 1.165) is 28.9 Å². The molecule has 0 fully saturated rings. The van der Waals surface area contributed by atoms with E-state index in [1.54, 1.807) is 17.9 Å². The smallest absolute Gasteiger partial charge is 0.248 e. The van der Waals surface area contributed by atoms with Gasteiger partial charge in [-0.05, 0) is 52.8 Å². The van der Waals surface area contributed by atoms with Crippen molar-refractivity contribution in [3.05, 3.63) is 65.2 Å². The van der Waals surface area contributed by atoms with Crippen molar-refractivity contribution in [2.45, 2.75) is 39.5 Å². The van der Waals surface area contributed by atoms with Gasteiger partial charge >= 0.3 is 0 Å². The predicted octanol–water partition coefficient (Wildman–Crippen LogP) is 4.55. The lowest BCUT2D eigenvalue weighted by Gasteiger charge is -2.18. The minimum absolute atomic E-state index is 0.0472. The molecular weight excluding hydrogens is 336 g/mol. The summed E-state index contributed by atoms with van der Waals surface area (Å²) in [7, 11) is 0. The van der Waals surface area contributed by atoms with E-state index in [1.807, 2.05) is 36.4 Å². The van der Waals surface area contributed by atoms with E-state index in [-0.39, 0.29) is 17.2 Å². The van der Waals surface area contributed by atoms with Gasteiger partial charge in [0.2, 0.25) is 11.8 Å². The Balaban J connectivity index is 1.64. The summed E-state index contributed by atoms with van der Waals surface area (Å²) in [6.07, 6.45) is 4.17. The number of carbonyl (C=O) groups is 2. The molecule has 0 saturated heterocycles. The van der Waals surface area contributed by atoms with Crippen molar-refractivity contribution in [2.75, 3.05) is 16.8 Å². The molecule has 1 heterocycles. The fourth-order valence-corrected chi connectivity index (χ4v) is 3.26. The summed E-state index contributed by atoms with van der Waals surface area (Å²) in [5.74, 6) is -0.123. The first kappa shape index (κ1) is 18.9. The molecule has 3 rings (SSSR count). The molecule has 0 atom stereocenters. The molecule has 1 aliphatic rings. The van der Waals surface area contributed by atoms with Gasteiger partial charge in [-0.2, -0.15) is 0 Å². The van der Waals surface area contributed by atoms with Crippen LogP contribution in [0.3, 0.4) is 0 Å². The van der Waals surface area contributed by atoms with Crippen molar-refractivity contribution in [3.63, 3.8) is 0 Å². The predicted molar refractivity (Wildman–Crippen MR) is 111 cm³/mol. The first-order valence-corrected chi connectivity index (χ1v) is 9.25. The summed E-state index contributed by atoms with van der Waals surface area (Å²) in [6.45, 7) is 8.81. The number of hydrogen-bond acceptors (Lipinski definition) is 2. The maximum atomic E-state index is 12.2. The van der Waals surface area contributed by atoms with E-state index >= 15 is 0 Å². The van der Waals surface area contributed by atoms with Crippen molar-refractivity contribution in [1.82, 2.24) is 0 Å². The summed E-state index contributed by atoms with van der Waals surface area (Å²) >= 11 is 0. The molecule has 27 heavy (non-hydrogen) atoms. The Morgan fingerprint density at radius 2 is 1.78 bits per heavy atom. The molecule has 2 aromatic rings. The summed E-state index contributed by atoms with van der Waals surface area (Å²) in [4.78, 5) is 25.6. The molecule has 0 spiro atoms. The van der Waals surface area contributed by atoms with E-state index in [1.165, 1.54) is 5.56 Å². The second kappa shape index (κ2) is 7.39. The van der Waals surface area contributed by atoms with Crippen molar-refractivity contribution in [3.8, 4) is 0 Å². The standard InChI is InChI=1S/C23H26N2O2/c1-16(26)25-14-13-18-15-20(10-11-21(18)25)24-22(27)12-7-17-5-8-19(9-6-17)23(2,3)4/h5-12,15H,13-14H2,1-4H3,(H,24,27). The van der Waals surface area contributed by atoms with E-state index in [9.17, 15) is 9.59 Å². The van der Waals surface area contributed by atoms with Gasteiger partial charge in [-0.3, -0.25) is 9.59 Å². The number of anilines is 2. The molecular formula is C23H26N2O2. The van der Waals surface area contributed by atoms with Crippen LogP contribution in [-0.4, -0.2) is 18.4 Å². The first-order chi connectivity index (χ1) is 12.7.